The number of fused-ring (bicyclic) bond motifs is 4. The lowest BCUT2D eigenvalue weighted by molar-refractivity contribution is -0.384. The highest BCUT2D eigenvalue weighted by Crippen LogP contribution is 2.46. The number of nitro benzene ring substituents is 1. The summed E-state index contributed by atoms with van der Waals surface area (Å²) >= 11 is 0. The Labute approximate surface area is 210 Å². The summed E-state index contributed by atoms with van der Waals surface area (Å²) in [5.74, 6) is 0. The molecule has 5 aromatic rings. The van der Waals surface area contributed by atoms with Crippen LogP contribution in [0.1, 0.15) is 31.2 Å². The third-order valence-corrected chi connectivity index (χ3v) is 7.30. The molecule has 0 fully saturated rings. The number of nitro groups is 1. The van der Waals surface area contributed by atoms with E-state index in [9.17, 15) is 19.7 Å². The molecular weight excluding hydrogens is 474 g/mol. The van der Waals surface area contributed by atoms with E-state index in [0.717, 1.165) is 21.0 Å². The molecule has 188 valence electrons. The highest BCUT2D eigenvalue weighted by atomic mass is 16.6. The van der Waals surface area contributed by atoms with Crippen molar-refractivity contribution in [2.45, 2.75) is 25.5 Å². The standard InChI is InChI=1S/C27H25N5O5/c1-27(2)14-37-24(18-13-28-19-11-6-5-10-17(18)19)23-22-20(25(33)30(4)26(34)29(22)3)21(31(23)27)15-8-7-9-16(12-15)32(35)36/h5-13,24,28H,14H2,1-4H3. The maximum absolute atomic E-state index is 13.7. The largest absolute Gasteiger partial charge is 0.365 e. The quantitative estimate of drug-likeness (QED) is 0.298. The first kappa shape index (κ1) is 23.0. The van der Waals surface area contributed by atoms with E-state index in [1.54, 1.807) is 19.2 Å². The van der Waals surface area contributed by atoms with Gasteiger partial charge in [-0.25, -0.2) is 4.79 Å². The molecule has 0 saturated carbocycles. The molecule has 6 rings (SSSR count). The van der Waals surface area contributed by atoms with Gasteiger partial charge in [-0.15, -0.1) is 0 Å². The SMILES string of the molecule is Cn1c(=O)c2c(-c3cccc([N+](=O)[O-])c3)n3c(c2n(C)c1=O)C(c1c[nH]c2ccccc12)OCC3(C)C. The van der Waals surface area contributed by atoms with Gasteiger partial charge in [-0.3, -0.25) is 24.0 Å². The third-order valence-electron chi connectivity index (χ3n) is 7.30. The first-order valence-electron chi connectivity index (χ1n) is 11.9. The van der Waals surface area contributed by atoms with E-state index in [2.05, 4.69) is 4.98 Å². The van der Waals surface area contributed by atoms with Crippen molar-refractivity contribution in [3.05, 3.63) is 96.9 Å². The van der Waals surface area contributed by atoms with Gasteiger partial charge in [0, 0.05) is 54.5 Å². The number of para-hydroxylation sites is 1. The third kappa shape index (κ3) is 3.15. The number of ether oxygens (including phenoxy) is 1. The fourth-order valence-electron chi connectivity index (χ4n) is 5.58. The molecule has 2 aromatic carbocycles. The molecule has 37 heavy (non-hydrogen) atoms. The molecule has 10 heteroatoms. The highest BCUT2D eigenvalue weighted by Gasteiger charge is 2.41. The number of hydrogen-bond acceptors (Lipinski definition) is 5. The van der Waals surface area contributed by atoms with Crippen molar-refractivity contribution in [3.63, 3.8) is 0 Å². The van der Waals surface area contributed by atoms with Crippen molar-refractivity contribution in [2.24, 2.45) is 14.1 Å². The van der Waals surface area contributed by atoms with Gasteiger partial charge in [0.05, 0.1) is 39.4 Å². The predicted octanol–water partition coefficient (Wildman–Crippen LogP) is 3.95. The van der Waals surface area contributed by atoms with Gasteiger partial charge < -0.3 is 14.3 Å². The number of benzene rings is 2. The van der Waals surface area contributed by atoms with Crippen LogP contribution < -0.4 is 11.2 Å². The zero-order chi connectivity index (χ0) is 26.2. The van der Waals surface area contributed by atoms with E-state index < -0.39 is 27.8 Å². The summed E-state index contributed by atoms with van der Waals surface area (Å²) in [5, 5.41) is 12.9. The lowest BCUT2D eigenvalue weighted by Crippen LogP contribution is -2.40. The van der Waals surface area contributed by atoms with Crippen LogP contribution in [-0.4, -0.2) is 30.2 Å². The Balaban J connectivity index is 1.82. The predicted molar refractivity (Wildman–Crippen MR) is 140 cm³/mol. The summed E-state index contributed by atoms with van der Waals surface area (Å²) in [7, 11) is 3.08. The highest BCUT2D eigenvalue weighted by molar-refractivity contribution is 5.97. The Morgan fingerprint density at radius 3 is 2.59 bits per heavy atom. The fraction of sp³-hybridized carbons (Fsp3) is 0.259. The second kappa shape index (κ2) is 7.78. The minimum absolute atomic E-state index is 0.0825. The van der Waals surface area contributed by atoms with Crippen molar-refractivity contribution >= 4 is 27.5 Å². The maximum atomic E-state index is 13.7. The van der Waals surface area contributed by atoms with Crippen molar-refractivity contribution < 1.29 is 9.66 Å². The molecule has 1 atom stereocenters. The summed E-state index contributed by atoms with van der Waals surface area (Å²) in [6, 6.07) is 14.1. The topological polar surface area (TPSA) is 117 Å². The smallest absolute Gasteiger partial charge is 0.331 e. The average Bonchev–Trinajstić information content (AvgIpc) is 3.47. The molecular formula is C27H25N5O5. The van der Waals surface area contributed by atoms with Crippen molar-refractivity contribution in [3.8, 4) is 11.3 Å². The van der Waals surface area contributed by atoms with Crippen LogP contribution in [-0.2, 0) is 24.4 Å². The Hall–Kier alpha value is -4.44. The maximum Gasteiger partial charge on any atom is 0.331 e. The van der Waals surface area contributed by atoms with Gasteiger partial charge in [0.2, 0.25) is 0 Å². The molecule has 1 aliphatic heterocycles. The molecule has 0 bridgehead atoms. The van der Waals surface area contributed by atoms with E-state index in [1.165, 1.54) is 23.7 Å². The molecule has 0 radical (unpaired) electrons. The van der Waals surface area contributed by atoms with Crippen LogP contribution in [0.25, 0.3) is 33.1 Å². The van der Waals surface area contributed by atoms with Crippen molar-refractivity contribution in [1.29, 1.82) is 0 Å². The van der Waals surface area contributed by atoms with Crippen LogP contribution in [0.3, 0.4) is 0 Å². The Bertz CT molecular complexity index is 1870. The van der Waals surface area contributed by atoms with Crippen LogP contribution in [0.5, 0.6) is 0 Å². The van der Waals surface area contributed by atoms with E-state index in [4.69, 9.17) is 4.74 Å². The number of hydrogen-bond donors (Lipinski definition) is 1. The van der Waals surface area contributed by atoms with Gasteiger partial charge in [-0.1, -0.05) is 30.3 Å². The first-order chi connectivity index (χ1) is 17.6. The normalized spacial score (nSPS) is 16.8. The van der Waals surface area contributed by atoms with Crippen molar-refractivity contribution in [2.75, 3.05) is 6.61 Å². The molecule has 10 nitrogen and oxygen atoms in total. The number of rotatable bonds is 3. The molecule has 0 spiro atoms. The second-order valence-corrected chi connectivity index (χ2v) is 10.1. The molecule has 4 heterocycles. The molecule has 1 N–H and O–H groups in total. The van der Waals surface area contributed by atoms with Crippen LogP contribution in [0.4, 0.5) is 5.69 Å². The Morgan fingerprint density at radius 2 is 1.84 bits per heavy atom. The summed E-state index contributed by atoms with van der Waals surface area (Å²) < 4.78 is 11.1. The number of non-ortho nitro benzene ring substituents is 1. The zero-order valence-corrected chi connectivity index (χ0v) is 20.8. The van der Waals surface area contributed by atoms with Crippen LogP contribution >= 0.6 is 0 Å². The van der Waals surface area contributed by atoms with Crippen LogP contribution in [0, 0.1) is 10.1 Å². The number of aromatic nitrogens is 4. The molecule has 1 unspecified atom stereocenters. The second-order valence-electron chi connectivity index (χ2n) is 10.1. The number of aromatic amines is 1. The van der Waals surface area contributed by atoms with E-state index >= 15 is 0 Å². The molecule has 1 aliphatic rings. The van der Waals surface area contributed by atoms with E-state index in [1.807, 2.05) is 48.9 Å². The van der Waals surface area contributed by atoms with Gasteiger partial charge in [0.25, 0.3) is 11.2 Å². The van der Waals surface area contributed by atoms with Gasteiger partial charge in [0.1, 0.15) is 6.10 Å². The number of aryl methyl sites for hydroxylation is 1. The summed E-state index contributed by atoms with van der Waals surface area (Å²) in [4.78, 5) is 41.3. The Morgan fingerprint density at radius 1 is 1.08 bits per heavy atom. The first-order valence-corrected chi connectivity index (χ1v) is 11.9. The van der Waals surface area contributed by atoms with Crippen LogP contribution in [0.2, 0.25) is 0 Å². The minimum Gasteiger partial charge on any atom is -0.365 e. The summed E-state index contributed by atoms with van der Waals surface area (Å²) in [5.41, 5.74) is 2.36. The summed E-state index contributed by atoms with van der Waals surface area (Å²) in [6.07, 6.45) is 1.31. The van der Waals surface area contributed by atoms with E-state index in [0.29, 0.717) is 34.5 Å². The number of nitrogens with one attached hydrogen (secondary N) is 1. The van der Waals surface area contributed by atoms with Gasteiger partial charge in [0.15, 0.2) is 0 Å². The number of nitrogens with zero attached hydrogens (tertiary/aromatic N) is 4. The molecule has 0 amide bonds. The van der Waals surface area contributed by atoms with Gasteiger partial charge in [-0.2, -0.15) is 0 Å². The van der Waals surface area contributed by atoms with Crippen molar-refractivity contribution in [1.82, 2.24) is 18.7 Å². The zero-order valence-electron chi connectivity index (χ0n) is 20.8. The fourth-order valence-corrected chi connectivity index (χ4v) is 5.58. The molecule has 3 aromatic heterocycles. The average molecular weight is 500 g/mol. The summed E-state index contributed by atoms with van der Waals surface area (Å²) in [6.45, 7) is 4.30. The van der Waals surface area contributed by atoms with Gasteiger partial charge >= 0.3 is 5.69 Å². The lowest BCUT2D eigenvalue weighted by atomic mass is 9.97. The Kier molecular flexibility index (Phi) is 4.83. The minimum atomic E-state index is -0.627. The monoisotopic (exact) mass is 499 g/mol. The van der Waals surface area contributed by atoms with E-state index in [-0.39, 0.29) is 5.69 Å². The molecule has 0 saturated heterocycles. The molecule has 0 aliphatic carbocycles. The van der Waals surface area contributed by atoms with Gasteiger partial charge in [-0.05, 0) is 19.9 Å². The van der Waals surface area contributed by atoms with Crippen LogP contribution in [0.15, 0.2) is 64.3 Å². The number of H-pyrrole nitrogens is 1. The lowest BCUT2D eigenvalue weighted by Gasteiger charge is -2.39.